The fraction of sp³-hybridized carbons (Fsp3) is 0.0476. The molecule has 0 aliphatic carbocycles. The summed E-state index contributed by atoms with van der Waals surface area (Å²) in [5.74, 6) is -0.223. The topological polar surface area (TPSA) is 39.0 Å². The summed E-state index contributed by atoms with van der Waals surface area (Å²) >= 11 is 17.6. The summed E-state index contributed by atoms with van der Waals surface area (Å²) in [5, 5.41) is 17.5. The fourth-order valence-corrected chi connectivity index (χ4v) is 3.19. The number of hydrogen-bond donors (Lipinski definition) is 1. The Bertz CT molecular complexity index is 1020. The number of benzene rings is 2. The molecule has 136 valence electrons. The van der Waals surface area contributed by atoms with Crippen molar-refractivity contribution >= 4 is 57.6 Å². The lowest BCUT2D eigenvalue weighted by molar-refractivity contribution is -0.578. The summed E-state index contributed by atoms with van der Waals surface area (Å²) in [5.41, 5.74) is 2.55. The molecule has 0 bridgehead atoms. The molecule has 0 radical (unpaired) electrons. The van der Waals surface area contributed by atoms with Crippen LogP contribution in [0.2, 0.25) is 10.0 Å². The van der Waals surface area contributed by atoms with E-state index in [2.05, 4.69) is 5.32 Å². The molecule has 2 aromatic carbocycles. The maximum Gasteiger partial charge on any atom is 0.238 e. The normalized spacial score (nSPS) is 11.7. The molecule has 0 unspecified atom stereocenters. The van der Waals surface area contributed by atoms with Gasteiger partial charge in [0, 0.05) is 27.4 Å². The van der Waals surface area contributed by atoms with Crippen molar-refractivity contribution in [1.29, 1.82) is 0 Å². The van der Waals surface area contributed by atoms with Crippen molar-refractivity contribution in [3.63, 3.8) is 0 Å². The number of rotatable bonds is 4. The van der Waals surface area contributed by atoms with E-state index in [4.69, 9.17) is 35.4 Å². The average molecular weight is 415 g/mol. The third kappa shape index (κ3) is 4.86. The lowest BCUT2D eigenvalue weighted by Gasteiger charge is -2.17. The SMILES string of the molecule is Cc1ccc[n+](/C(C(=S)Nc2ccc(Cl)cc2)=C(/[O-])c2cccc(Cl)c2)c1. The van der Waals surface area contributed by atoms with Gasteiger partial charge in [-0.25, -0.2) is 0 Å². The van der Waals surface area contributed by atoms with E-state index in [0.717, 1.165) is 11.3 Å². The van der Waals surface area contributed by atoms with Gasteiger partial charge in [-0.1, -0.05) is 47.6 Å². The number of aromatic nitrogens is 1. The van der Waals surface area contributed by atoms with Gasteiger partial charge in [0.2, 0.25) is 5.70 Å². The van der Waals surface area contributed by atoms with E-state index in [-0.39, 0.29) is 5.76 Å². The predicted octanol–water partition coefficient (Wildman–Crippen LogP) is 4.71. The number of nitrogens with one attached hydrogen (secondary N) is 1. The zero-order chi connectivity index (χ0) is 19.4. The standard InChI is InChI=1S/C21H16Cl2N2OS/c1-14-4-3-11-25(13-14)19(20(26)15-5-2-6-17(23)12-15)21(27)24-18-9-7-16(22)8-10-18/h2-13H,1H3,(H-,24,26,27). The van der Waals surface area contributed by atoms with E-state index in [1.165, 1.54) is 0 Å². The van der Waals surface area contributed by atoms with Gasteiger partial charge in [0.05, 0.1) is 0 Å². The second-order valence-electron chi connectivity index (χ2n) is 5.94. The molecule has 6 heteroatoms. The molecule has 27 heavy (non-hydrogen) atoms. The molecule has 0 saturated heterocycles. The van der Waals surface area contributed by atoms with Gasteiger partial charge in [-0.05, 0) is 60.7 Å². The van der Waals surface area contributed by atoms with E-state index in [9.17, 15) is 5.11 Å². The Hall–Kier alpha value is -2.40. The third-order valence-corrected chi connectivity index (χ3v) is 4.61. The third-order valence-electron chi connectivity index (χ3n) is 3.83. The van der Waals surface area contributed by atoms with Gasteiger partial charge in [-0.3, -0.25) is 0 Å². The van der Waals surface area contributed by atoms with Crippen LogP contribution in [0.5, 0.6) is 0 Å². The van der Waals surface area contributed by atoms with Crippen molar-refractivity contribution in [2.75, 3.05) is 5.32 Å². The van der Waals surface area contributed by atoms with Gasteiger partial charge in [-0.15, -0.1) is 0 Å². The van der Waals surface area contributed by atoms with Crippen LogP contribution in [0.15, 0.2) is 73.1 Å². The first kappa shape index (κ1) is 19.4. The summed E-state index contributed by atoms with van der Waals surface area (Å²) in [6, 6.07) is 17.7. The van der Waals surface area contributed by atoms with Gasteiger partial charge < -0.3 is 10.4 Å². The first-order chi connectivity index (χ1) is 12.9. The number of thiocarbonyl (C=S) groups is 1. The Labute approximate surface area is 173 Å². The van der Waals surface area contributed by atoms with E-state index in [1.807, 2.05) is 25.3 Å². The molecule has 1 heterocycles. The van der Waals surface area contributed by atoms with Crippen LogP contribution in [-0.2, 0) is 0 Å². The van der Waals surface area contributed by atoms with Crippen LogP contribution in [0.3, 0.4) is 0 Å². The Morgan fingerprint density at radius 2 is 1.74 bits per heavy atom. The average Bonchev–Trinajstić information content (AvgIpc) is 2.64. The van der Waals surface area contributed by atoms with Gasteiger partial charge in [0.15, 0.2) is 17.4 Å². The van der Waals surface area contributed by atoms with Gasteiger partial charge in [0.25, 0.3) is 0 Å². The lowest BCUT2D eigenvalue weighted by atomic mass is 10.1. The summed E-state index contributed by atoms with van der Waals surface area (Å²) in [4.78, 5) is 0.304. The van der Waals surface area contributed by atoms with Gasteiger partial charge >= 0.3 is 0 Å². The molecule has 3 nitrogen and oxygen atoms in total. The summed E-state index contributed by atoms with van der Waals surface area (Å²) < 4.78 is 1.73. The minimum Gasteiger partial charge on any atom is -0.867 e. The molecular formula is C21H16Cl2N2OS. The molecule has 1 N–H and O–H groups in total. The minimum absolute atomic E-state index is 0.223. The van der Waals surface area contributed by atoms with Crippen molar-refractivity contribution in [2.45, 2.75) is 6.92 Å². The van der Waals surface area contributed by atoms with E-state index in [0.29, 0.717) is 26.3 Å². The molecule has 0 aliphatic rings. The molecule has 0 amide bonds. The Kier molecular flexibility index (Phi) is 6.11. The van der Waals surface area contributed by atoms with Crippen LogP contribution in [-0.4, -0.2) is 4.99 Å². The second kappa shape index (κ2) is 8.53. The maximum absolute atomic E-state index is 13.2. The largest absolute Gasteiger partial charge is 0.867 e. The Morgan fingerprint density at radius 3 is 2.41 bits per heavy atom. The Morgan fingerprint density at radius 1 is 1.00 bits per heavy atom. The highest BCUT2D eigenvalue weighted by Crippen LogP contribution is 2.20. The first-order valence-corrected chi connectivity index (χ1v) is 9.33. The maximum atomic E-state index is 13.2. The van der Waals surface area contributed by atoms with Gasteiger partial charge in [-0.2, -0.15) is 4.57 Å². The van der Waals surface area contributed by atoms with E-state index < -0.39 is 0 Å². The molecule has 0 saturated carbocycles. The number of hydrogen-bond acceptors (Lipinski definition) is 2. The van der Waals surface area contributed by atoms with Crippen LogP contribution < -0.4 is 15.0 Å². The molecule has 0 aliphatic heterocycles. The Balaban J connectivity index is 2.08. The molecular weight excluding hydrogens is 399 g/mol. The summed E-state index contributed by atoms with van der Waals surface area (Å²) in [6.07, 6.45) is 3.65. The highest BCUT2D eigenvalue weighted by atomic mass is 35.5. The van der Waals surface area contributed by atoms with Crippen LogP contribution in [0.1, 0.15) is 11.1 Å². The van der Waals surface area contributed by atoms with Crippen LogP contribution >= 0.6 is 35.4 Å². The van der Waals surface area contributed by atoms with Crippen LogP contribution in [0, 0.1) is 6.92 Å². The number of nitrogens with zero attached hydrogens (tertiary/aromatic N) is 1. The fourth-order valence-electron chi connectivity index (χ4n) is 2.56. The predicted molar refractivity (Wildman–Crippen MR) is 114 cm³/mol. The van der Waals surface area contributed by atoms with E-state index >= 15 is 0 Å². The lowest BCUT2D eigenvalue weighted by Crippen LogP contribution is -2.40. The summed E-state index contributed by atoms with van der Waals surface area (Å²) in [6.45, 7) is 1.95. The molecule has 3 rings (SSSR count). The van der Waals surface area contributed by atoms with Crippen LogP contribution in [0.25, 0.3) is 11.5 Å². The highest BCUT2D eigenvalue weighted by Gasteiger charge is 2.19. The molecule has 3 aromatic rings. The molecule has 1 aromatic heterocycles. The number of pyridine rings is 1. The highest BCUT2D eigenvalue weighted by molar-refractivity contribution is 7.81. The monoisotopic (exact) mass is 414 g/mol. The molecule has 0 spiro atoms. The van der Waals surface area contributed by atoms with Gasteiger partial charge in [0.1, 0.15) is 0 Å². The zero-order valence-corrected chi connectivity index (χ0v) is 16.8. The second-order valence-corrected chi connectivity index (χ2v) is 7.22. The van der Waals surface area contributed by atoms with Crippen molar-refractivity contribution in [2.24, 2.45) is 0 Å². The minimum atomic E-state index is -0.223. The smallest absolute Gasteiger partial charge is 0.238 e. The van der Waals surface area contributed by atoms with Crippen molar-refractivity contribution in [1.82, 2.24) is 0 Å². The summed E-state index contributed by atoms with van der Waals surface area (Å²) in [7, 11) is 0. The molecule has 0 atom stereocenters. The van der Waals surface area contributed by atoms with Crippen molar-refractivity contribution in [3.05, 3.63) is 94.2 Å². The number of anilines is 1. The van der Waals surface area contributed by atoms with Crippen molar-refractivity contribution < 1.29 is 9.67 Å². The number of aryl methyl sites for hydroxylation is 1. The number of halogens is 2. The first-order valence-electron chi connectivity index (χ1n) is 8.16. The van der Waals surface area contributed by atoms with Crippen LogP contribution in [0.4, 0.5) is 5.69 Å². The quantitative estimate of drug-likeness (QED) is 0.290. The van der Waals surface area contributed by atoms with E-state index in [1.54, 1.807) is 59.3 Å². The zero-order valence-electron chi connectivity index (χ0n) is 14.4. The van der Waals surface area contributed by atoms with Crippen molar-refractivity contribution in [3.8, 4) is 0 Å². The molecule has 0 fully saturated rings.